The molecule has 0 radical (unpaired) electrons. The van der Waals surface area contributed by atoms with Gasteiger partial charge in [-0.2, -0.15) is 0 Å². The lowest BCUT2D eigenvalue weighted by atomic mass is 10.00. The van der Waals surface area contributed by atoms with Crippen LogP contribution in [-0.4, -0.2) is 57.3 Å². The topological polar surface area (TPSA) is 110 Å². The number of aliphatic hydroxyl groups excluding tert-OH is 4. The van der Waals surface area contributed by atoms with Gasteiger partial charge in [-0.1, -0.05) is 135 Å². The standard InChI is InChI=1S/C33H65NO5/c1-3-5-7-8-9-10-11-12-13-14-15-16-17-18-19-20-21-22-23-25-27-31(37)33(39)34-29(28-35)32(38)30(36)26-24-6-4-2/h16-17,29-32,35-38H,3-15,18-28H2,1-2H3,(H,34,39)/b17-16-. The van der Waals surface area contributed by atoms with E-state index in [1.165, 1.54) is 89.9 Å². The molecule has 0 aliphatic heterocycles. The summed E-state index contributed by atoms with van der Waals surface area (Å²) in [6.07, 6.45) is 27.4. The third-order valence-electron chi connectivity index (χ3n) is 7.73. The van der Waals surface area contributed by atoms with Gasteiger partial charge in [0, 0.05) is 0 Å². The summed E-state index contributed by atoms with van der Waals surface area (Å²) in [5, 5.41) is 42.5. The number of hydrogen-bond donors (Lipinski definition) is 5. The molecule has 0 saturated carbocycles. The lowest BCUT2D eigenvalue weighted by Crippen LogP contribution is -2.53. The zero-order chi connectivity index (χ0) is 29.0. The Morgan fingerprint density at radius 3 is 1.51 bits per heavy atom. The third kappa shape index (κ3) is 23.5. The summed E-state index contributed by atoms with van der Waals surface area (Å²) < 4.78 is 0. The Bertz CT molecular complexity index is 556. The van der Waals surface area contributed by atoms with Crippen molar-refractivity contribution in [3.05, 3.63) is 12.2 Å². The number of nitrogens with one attached hydrogen (secondary N) is 1. The van der Waals surface area contributed by atoms with E-state index in [-0.39, 0.29) is 0 Å². The first-order valence-electron chi connectivity index (χ1n) is 16.6. The molecule has 0 heterocycles. The van der Waals surface area contributed by atoms with Crippen molar-refractivity contribution < 1.29 is 25.2 Å². The summed E-state index contributed by atoms with van der Waals surface area (Å²) in [5.41, 5.74) is 0. The van der Waals surface area contributed by atoms with Gasteiger partial charge < -0.3 is 25.7 Å². The van der Waals surface area contributed by atoms with Gasteiger partial charge in [-0.05, 0) is 38.5 Å². The van der Waals surface area contributed by atoms with Crippen molar-refractivity contribution in [2.24, 2.45) is 0 Å². The second kappa shape index (κ2) is 28.6. The van der Waals surface area contributed by atoms with Crippen molar-refractivity contribution in [3.63, 3.8) is 0 Å². The number of amides is 1. The number of carbonyl (C=O) groups excluding carboxylic acids is 1. The molecule has 4 unspecified atom stereocenters. The molecule has 0 fully saturated rings. The van der Waals surface area contributed by atoms with Crippen LogP contribution in [0.4, 0.5) is 0 Å². The normalized spacial score (nSPS) is 14.9. The number of unbranched alkanes of at least 4 members (excludes halogenated alkanes) is 18. The number of rotatable bonds is 29. The minimum atomic E-state index is -1.25. The molecule has 0 aromatic heterocycles. The zero-order valence-corrected chi connectivity index (χ0v) is 25.6. The summed E-state index contributed by atoms with van der Waals surface area (Å²) in [6, 6.07) is -0.979. The Morgan fingerprint density at radius 2 is 1.03 bits per heavy atom. The van der Waals surface area contributed by atoms with Crippen LogP contribution in [-0.2, 0) is 4.79 Å². The molecule has 5 N–H and O–H groups in total. The summed E-state index contributed by atoms with van der Waals surface area (Å²) in [4.78, 5) is 12.3. The van der Waals surface area contributed by atoms with Gasteiger partial charge >= 0.3 is 0 Å². The third-order valence-corrected chi connectivity index (χ3v) is 7.73. The van der Waals surface area contributed by atoms with Crippen LogP contribution in [0.1, 0.15) is 162 Å². The summed E-state index contributed by atoms with van der Waals surface area (Å²) in [7, 11) is 0. The van der Waals surface area contributed by atoms with Crippen molar-refractivity contribution in [1.29, 1.82) is 0 Å². The highest BCUT2D eigenvalue weighted by Crippen LogP contribution is 2.14. The predicted octanol–water partition coefficient (Wildman–Crippen LogP) is 7.11. The van der Waals surface area contributed by atoms with Crippen LogP contribution >= 0.6 is 0 Å². The smallest absolute Gasteiger partial charge is 0.249 e. The average molecular weight is 556 g/mol. The molecule has 0 aliphatic carbocycles. The van der Waals surface area contributed by atoms with Gasteiger partial charge in [0.15, 0.2) is 0 Å². The molecule has 6 nitrogen and oxygen atoms in total. The molecule has 0 aromatic rings. The van der Waals surface area contributed by atoms with Crippen LogP contribution in [0, 0.1) is 0 Å². The molecule has 4 atom stereocenters. The fraction of sp³-hybridized carbons (Fsp3) is 0.909. The average Bonchev–Trinajstić information content (AvgIpc) is 2.94. The highest BCUT2D eigenvalue weighted by atomic mass is 16.3. The van der Waals surface area contributed by atoms with E-state index in [2.05, 4.69) is 31.3 Å². The Kier molecular flexibility index (Phi) is 27.9. The summed E-state index contributed by atoms with van der Waals surface area (Å²) >= 11 is 0. The highest BCUT2D eigenvalue weighted by Gasteiger charge is 2.28. The molecule has 0 aliphatic rings. The molecular weight excluding hydrogens is 490 g/mol. The van der Waals surface area contributed by atoms with Gasteiger partial charge in [0.05, 0.1) is 18.8 Å². The SMILES string of the molecule is CCCCCCCCCCCC/C=C\CCCCCCCCC(O)C(=O)NC(CO)C(O)C(O)CCCCC. The van der Waals surface area contributed by atoms with Crippen molar-refractivity contribution in [3.8, 4) is 0 Å². The van der Waals surface area contributed by atoms with E-state index in [1.807, 2.05) is 0 Å². The number of aliphatic hydroxyl groups is 4. The van der Waals surface area contributed by atoms with Gasteiger partial charge in [0.25, 0.3) is 0 Å². The molecule has 232 valence electrons. The second-order valence-electron chi connectivity index (χ2n) is 11.5. The Morgan fingerprint density at radius 1 is 0.615 bits per heavy atom. The van der Waals surface area contributed by atoms with E-state index in [4.69, 9.17) is 0 Å². The van der Waals surface area contributed by atoms with Crippen molar-refractivity contribution >= 4 is 5.91 Å². The van der Waals surface area contributed by atoms with Crippen LogP contribution in [0.2, 0.25) is 0 Å². The largest absolute Gasteiger partial charge is 0.394 e. The first-order valence-corrected chi connectivity index (χ1v) is 16.6. The molecule has 0 rings (SSSR count). The lowest BCUT2D eigenvalue weighted by Gasteiger charge is -2.27. The highest BCUT2D eigenvalue weighted by molar-refractivity contribution is 5.80. The maximum atomic E-state index is 12.3. The van der Waals surface area contributed by atoms with Crippen LogP contribution in [0.5, 0.6) is 0 Å². The first kappa shape index (κ1) is 38.0. The van der Waals surface area contributed by atoms with Crippen LogP contribution < -0.4 is 5.32 Å². The Balaban J connectivity index is 3.65. The van der Waals surface area contributed by atoms with E-state index in [0.29, 0.717) is 12.8 Å². The van der Waals surface area contributed by atoms with E-state index in [9.17, 15) is 25.2 Å². The zero-order valence-electron chi connectivity index (χ0n) is 25.6. The summed E-state index contributed by atoms with van der Waals surface area (Å²) in [6.45, 7) is 3.84. The quantitative estimate of drug-likeness (QED) is 0.0499. The second-order valence-corrected chi connectivity index (χ2v) is 11.5. The van der Waals surface area contributed by atoms with Crippen molar-refractivity contribution in [1.82, 2.24) is 5.32 Å². The fourth-order valence-electron chi connectivity index (χ4n) is 4.98. The van der Waals surface area contributed by atoms with Crippen LogP contribution in [0.25, 0.3) is 0 Å². The van der Waals surface area contributed by atoms with Crippen molar-refractivity contribution in [2.75, 3.05) is 6.61 Å². The van der Waals surface area contributed by atoms with Gasteiger partial charge in [-0.15, -0.1) is 0 Å². The first-order chi connectivity index (χ1) is 19.0. The van der Waals surface area contributed by atoms with E-state index in [0.717, 1.165) is 44.9 Å². The summed E-state index contributed by atoms with van der Waals surface area (Å²) in [5.74, 6) is -0.599. The van der Waals surface area contributed by atoms with E-state index >= 15 is 0 Å². The minimum Gasteiger partial charge on any atom is -0.394 e. The molecule has 6 heteroatoms. The maximum absolute atomic E-state index is 12.3. The molecule has 0 spiro atoms. The number of carbonyl (C=O) groups is 1. The maximum Gasteiger partial charge on any atom is 0.249 e. The number of allylic oxidation sites excluding steroid dienone is 2. The van der Waals surface area contributed by atoms with Gasteiger partial charge in [0.2, 0.25) is 5.91 Å². The van der Waals surface area contributed by atoms with E-state index in [1.54, 1.807) is 0 Å². The van der Waals surface area contributed by atoms with E-state index < -0.39 is 36.9 Å². The van der Waals surface area contributed by atoms with Gasteiger partial charge in [0.1, 0.15) is 12.2 Å². The Labute approximate surface area is 241 Å². The monoisotopic (exact) mass is 555 g/mol. The molecule has 0 bridgehead atoms. The minimum absolute atomic E-state index is 0.362. The lowest BCUT2D eigenvalue weighted by molar-refractivity contribution is -0.132. The predicted molar refractivity (Wildman–Crippen MR) is 164 cm³/mol. The van der Waals surface area contributed by atoms with Crippen LogP contribution in [0.15, 0.2) is 12.2 Å². The van der Waals surface area contributed by atoms with Gasteiger partial charge in [-0.3, -0.25) is 4.79 Å². The van der Waals surface area contributed by atoms with Gasteiger partial charge in [-0.25, -0.2) is 0 Å². The molecular formula is C33H65NO5. The Hall–Kier alpha value is -0.950. The van der Waals surface area contributed by atoms with Crippen LogP contribution in [0.3, 0.4) is 0 Å². The fourth-order valence-corrected chi connectivity index (χ4v) is 4.98. The number of hydrogen-bond acceptors (Lipinski definition) is 5. The molecule has 0 saturated heterocycles. The molecule has 1 amide bonds. The molecule has 39 heavy (non-hydrogen) atoms. The van der Waals surface area contributed by atoms with Crippen molar-refractivity contribution in [2.45, 2.75) is 186 Å². The molecule has 0 aromatic carbocycles.